The normalized spacial score (nSPS) is 11.3. The second-order valence-electron chi connectivity index (χ2n) is 6.26. The van der Waals surface area contributed by atoms with Crippen molar-refractivity contribution in [2.24, 2.45) is 0 Å². The number of carbonyl (C=O) groups is 1. The van der Waals surface area contributed by atoms with E-state index in [0.717, 1.165) is 27.4 Å². The Morgan fingerprint density at radius 3 is 2.38 bits per heavy atom. The van der Waals surface area contributed by atoms with Crippen molar-refractivity contribution in [3.63, 3.8) is 0 Å². The lowest BCUT2D eigenvalue weighted by Crippen LogP contribution is -2.11. The first-order valence-electron chi connectivity index (χ1n) is 8.08. The van der Waals surface area contributed by atoms with E-state index in [1.807, 2.05) is 14.1 Å². The smallest absolute Gasteiger partial charge is 0.339 e. The lowest BCUT2D eigenvalue weighted by molar-refractivity contribution is 0.0526. The van der Waals surface area contributed by atoms with Gasteiger partial charge in [0.25, 0.3) is 0 Å². The number of hydrogen-bond acceptors (Lipinski definition) is 4. The van der Waals surface area contributed by atoms with Crippen LogP contribution in [0.1, 0.15) is 46.8 Å². The second-order valence-corrected chi connectivity index (χ2v) is 7.40. The van der Waals surface area contributed by atoms with Crippen molar-refractivity contribution in [2.45, 2.75) is 33.2 Å². The Bertz CT molecular complexity index is 705. The summed E-state index contributed by atoms with van der Waals surface area (Å²) in [6.07, 6.45) is 0. The summed E-state index contributed by atoms with van der Waals surface area (Å²) in [4.78, 5) is 16.8. The fraction of sp³-hybridized carbons (Fsp3) is 0.421. The molecule has 0 aliphatic rings. The van der Waals surface area contributed by atoms with Crippen molar-refractivity contribution in [1.82, 2.24) is 4.90 Å². The van der Waals surface area contributed by atoms with Crippen molar-refractivity contribution in [3.8, 4) is 11.1 Å². The topological polar surface area (TPSA) is 29.5 Å². The molecule has 0 atom stereocenters. The summed E-state index contributed by atoms with van der Waals surface area (Å²) >= 11 is 1.64. The van der Waals surface area contributed by atoms with E-state index in [2.05, 4.69) is 18.7 Å². The molecular weight excluding hydrogens is 325 g/mol. The molecule has 130 valence electrons. The molecule has 0 bridgehead atoms. The summed E-state index contributed by atoms with van der Waals surface area (Å²) in [5.74, 6) is -0.379. The van der Waals surface area contributed by atoms with Crippen LogP contribution in [0.15, 0.2) is 24.3 Å². The predicted molar refractivity (Wildman–Crippen MR) is 97.1 cm³/mol. The van der Waals surface area contributed by atoms with Gasteiger partial charge in [-0.05, 0) is 44.6 Å². The van der Waals surface area contributed by atoms with Crippen molar-refractivity contribution in [3.05, 3.63) is 45.4 Å². The molecule has 0 N–H and O–H groups in total. The van der Waals surface area contributed by atoms with Gasteiger partial charge in [-0.1, -0.05) is 26.0 Å². The Labute approximate surface area is 147 Å². The first-order chi connectivity index (χ1) is 11.3. The molecule has 1 aromatic heterocycles. The maximum absolute atomic E-state index is 13.3. The molecule has 3 nitrogen and oxygen atoms in total. The number of esters is 1. The Hall–Kier alpha value is -1.72. The summed E-state index contributed by atoms with van der Waals surface area (Å²) in [7, 11) is 3.99. The van der Waals surface area contributed by atoms with Gasteiger partial charge in [0.2, 0.25) is 0 Å². The average Bonchev–Trinajstić information content (AvgIpc) is 2.87. The monoisotopic (exact) mass is 349 g/mol. The molecule has 0 aliphatic heterocycles. The zero-order chi connectivity index (χ0) is 17.9. The van der Waals surface area contributed by atoms with Gasteiger partial charge in [-0.15, -0.1) is 11.3 Å². The molecule has 0 spiro atoms. The van der Waals surface area contributed by atoms with Crippen molar-refractivity contribution in [1.29, 1.82) is 0 Å². The van der Waals surface area contributed by atoms with Gasteiger partial charge in [0.05, 0.1) is 12.2 Å². The standard InChI is InChI=1S/C19H24FNO2S/c1-6-23-19(22)17-16(13-7-9-14(20)10-8-13)15(11-21(4)5)24-18(17)12(2)3/h7-10,12H,6,11H2,1-5H3. The van der Waals surface area contributed by atoms with Gasteiger partial charge >= 0.3 is 5.97 Å². The van der Waals surface area contributed by atoms with Gasteiger partial charge in [-0.25, -0.2) is 9.18 Å². The lowest BCUT2D eigenvalue weighted by atomic mass is 9.97. The molecule has 0 fully saturated rings. The van der Waals surface area contributed by atoms with Crippen LogP contribution in [0.3, 0.4) is 0 Å². The van der Waals surface area contributed by atoms with Crippen LogP contribution < -0.4 is 0 Å². The zero-order valence-electron chi connectivity index (χ0n) is 14.9. The molecule has 0 saturated carbocycles. The third kappa shape index (κ3) is 4.02. The fourth-order valence-electron chi connectivity index (χ4n) is 2.63. The Kier molecular flexibility index (Phi) is 6.13. The quantitative estimate of drug-likeness (QED) is 0.694. The van der Waals surface area contributed by atoms with Crippen LogP contribution in [0.5, 0.6) is 0 Å². The van der Waals surface area contributed by atoms with Crippen LogP contribution in [-0.2, 0) is 11.3 Å². The van der Waals surface area contributed by atoms with Crippen molar-refractivity contribution >= 4 is 17.3 Å². The van der Waals surface area contributed by atoms with Crippen LogP contribution in [0.4, 0.5) is 4.39 Å². The van der Waals surface area contributed by atoms with Gasteiger partial charge in [0.1, 0.15) is 5.82 Å². The molecule has 0 aliphatic carbocycles. The molecule has 2 rings (SSSR count). The number of hydrogen-bond donors (Lipinski definition) is 0. The SMILES string of the molecule is CCOC(=O)c1c(C(C)C)sc(CN(C)C)c1-c1ccc(F)cc1. The number of thiophene rings is 1. The highest BCUT2D eigenvalue weighted by molar-refractivity contribution is 7.13. The van der Waals surface area contributed by atoms with E-state index in [4.69, 9.17) is 4.74 Å². The summed E-state index contributed by atoms with van der Waals surface area (Å²) in [6, 6.07) is 6.31. The lowest BCUT2D eigenvalue weighted by Gasteiger charge is -2.12. The Balaban J connectivity index is 2.70. The third-order valence-electron chi connectivity index (χ3n) is 3.61. The highest BCUT2D eigenvalue weighted by Crippen LogP contribution is 2.41. The average molecular weight is 349 g/mol. The minimum absolute atomic E-state index is 0.213. The van der Waals surface area contributed by atoms with Gasteiger partial charge in [0, 0.05) is 21.9 Å². The molecule has 0 radical (unpaired) electrons. The molecule has 0 saturated heterocycles. The molecule has 1 aromatic carbocycles. The first-order valence-corrected chi connectivity index (χ1v) is 8.90. The van der Waals surface area contributed by atoms with Crippen LogP contribution >= 0.6 is 11.3 Å². The van der Waals surface area contributed by atoms with E-state index >= 15 is 0 Å². The summed E-state index contributed by atoms with van der Waals surface area (Å²) < 4.78 is 18.6. The first kappa shape index (κ1) is 18.6. The van der Waals surface area contributed by atoms with Gasteiger partial charge < -0.3 is 9.64 Å². The van der Waals surface area contributed by atoms with Gasteiger partial charge in [-0.2, -0.15) is 0 Å². The van der Waals surface area contributed by atoms with Crippen molar-refractivity contribution < 1.29 is 13.9 Å². The van der Waals surface area contributed by atoms with Gasteiger partial charge in [-0.3, -0.25) is 0 Å². The van der Waals surface area contributed by atoms with Gasteiger partial charge in [0.15, 0.2) is 0 Å². The molecule has 0 amide bonds. The number of nitrogens with zero attached hydrogens (tertiary/aromatic N) is 1. The summed E-state index contributed by atoms with van der Waals surface area (Å²) in [6.45, 7) is 7.00. The largest absolute Gasteiger partial charge is 0.462 e. The Morgan fingerprint density at radius 1 is 1.25 bits per heavy atom. The molecular formula is C19H24FNO2S. The second kappa shape index (κ2) is 7.90. The van der Waals surface area contributed by atoms with E-state index in [9.17, 15) is 9.18 Å². The number of halogens is 1. The highest BCUT2D eigenvalue weighted by atomic mass is 32.1. The Morgan fingerprint density at radius 2 is 1.88 bits per heavy atom. The molecule has 0 unspecified atom stereocenters. The number of ether oxygens (including phenoxy) is 1. The molecule has 2 aromatic rings. The number of benzene rings is 1. The predicted octanol–water partition coefficient (Wildman–Crippen LogP) is 4.92. The van der Waals surface area contributed by atoms with Crippen LogP contribution in [0, 0.1) is 5.82 Å². The molecule has 1 heterocycles. The van der Waals surface area contributed by atoms with E-state index < -0.39 is 0 Å². The number of rotatable bonds is 6. The van der Waals surface area contributed by atoms with E-state index in [-0.39, 0.29) is 17.7 Å². The maximum atomic E-state index is 13.3. The third-order valence-corrected chi connectivity index (χ3v) is 5.08. The number of carbonyl (C=O) groups excluding carboxylic acids is 1. The molecule has 5 heteroatoms. The fourth-order valence-corrected chi connectivity index (χ4v) is 4.06. The summed E-state index contributed by atoms with van der Waals surface area (Å²) in [5, 5.41) is 0. The highest BCUT2D eigenvalue weighted by Gasteiger charge is 2.27. The van der Waals surface area contributed by atoms with E-state index in [0.29, 0.717) is 12.2 Å². The van der Waals surface area contributed by atoms with Crippen LogP contribution in [0.25, 0.3) is 11.1 Å². The van der Waals surface area contributed by atoms with Crippen LogP contribution in [0.2, 0.25) is 0 Å². The molecule has 24 heavy (non-hydrogen) atoms. The zero-order valence-corrected chi connectivity index (χ0v) is 15.7. The van der Waals surface area contributed by atoms with E-state index in [1.165, 1.54) is 12.1 Å². The van der Waals surface area contributed by atoms with Crippen LogP contribution in [-0.4, -0.2) is 31.6 Å². The minimum Gasteiger partial charge on any atom is -0.462 e. The minimum atomic E-state index is -0.304. The van der Waals surface area contributed by atoms with Crippen molar-refractivity contribution in [2.75, 3.05) is 20.7 Å². The summed E-state index contributed by atoms with van der Waals surface area (Å²) in [5.41, 5.74) is 2.34. The van der Waals surface area contributed by atoms with E-state index in [1.54, 1.807) is 30.4 Å². The maximum Gasteiger partial charge on any atom is 0.339 e.